The van der Waals surface area contributed by atoms with Crippen molar-refractivity contribution in [1.29, 1.82) is 0 Å². The fraction of sp³-hybridized carbons (Fsp3) is 0.500. The van der Waals surface area contributed by atoms with Gasteiger partial charge in [0.1, 0.15) is 0 Å². The van der Waals surface area contributed by atoms with Crippen LogP contribution >= 0.6 is 22.9 Å². The van der Waals surface area contributed by atoms with Gasteiger partial charge >= 0.3 is 0 Å². The highest BCUT2D eigenvalue weighted by atomic mass is 35.5. The Hall–Kier alpha value is -0.540. The van der Waals surface area contributed by atoms with Crippen molar-refractivity contribution >= 4 is 28.8 Å². The first-order valence-corrected chi connectivity index (χ1v) is 5.88. The third kappa shape index (κ3) is 3.31. The van der Waals surface area contributed by atoms with Crippen molar-refractivity contribution < 1.29 is 4.79 Å². The standard InChI is InChI=1S/C10H14ClNOS/c1-7(2)8(11)6-12-10(13)9-4-3-5-14-9/h3-5,7-8H,6H2,1-2H3,(H,12,13). The molecule has 2 nitrogen and oxygen atoms in total. The first kappa shape index (κ1) is 11.5. The maximum atomic E-state index is 11.5. The Labute approximate surface area is 93.3 Å². The van der Waals surface area contributed by atoms with E-state index in [1.54, 1.807) is 6.07 Å². The van der Waals surface area contributed by atoms with E-state index < -0.39 is 0 Å². The molecule has 0 aliphatic heterocycles. The van der Waals surface area contributed by atoms with Gasteiger partial charge in [-0.05, 0) is 17.4 Å². The summed E-state index contributed by atoms with van der Waals surface area (Å²) in [6, 6.07) is 3.67. The zero-order valence-electron chi connectivity index (χ0n) is 8.29. The van der Waals surface area contributed by atoms with Gasteiger partial charge in [0.05, 0.1) is 10.3 Å². The summed E-state index contributed by atoms with van der Waals surface area (Å²) in [5, 5.41) is 4.69. The first-order valence-electron chi connectivity index (χ1n) is 4.57. The van der Waals surface area contributed by atoms with Crippen LogP contribution in [0.15, 0.2) is 17.5 Å². The number of rotatable bonds is 4. The Kier molecular flexibility index (Phi) is 4.42. The molecule has 0 fully saturated rings. The number of hydrogen-bond acceptors (Lipinski definition) is 2. The van der Waals surface area contributed by atoms with Crippen LogP contribution in [0.25, 0.3) is 0 Å². The predicted octanol–water partition coefficient (Wildman–Crippen LogP) is 2.74. The second kappa shape index (κ2) is 5.37. The van der Waals surface area contributed by atoms with Crippen LogP contribution in [-0.4, -0.2) is 17.8 Å². The molecule has 1 atom stereocenters. The molecule has 0 aliphatic carbocycles. The van der Waals surface area contributed by atoms with Crippen molar-refractivity contribution in [2.75, 3.05) is 6.54 Å². The monoisotopic (exact) mass is 231 g/mol. The minimum absolute atomic E-state index is 0.00101. The number of carbonyl (C=O) groups excluding carboxylic acids is 1. The molecule has 0 saturated heterocycles. The molecule has 0 saturated carbocycles. The third-order valence-electron chi connectivity index (χ3n) is 1.93. The van der Waals surface area contributed by atoms with Gasteiger partial charge in [-0.1, -0.05) is 19.9 Å². The maximum Gasteiger partial charge on any atom is 0.261 e. The molecule has 1 aromatic rings. The number of amides is 1. The van der Waals surface area contributed by atoms with E-state index in [1.807, 2.05) is 25.3 Å². The zero-order chi connectivity index (χ0) is 10.6. The highest BCUT2D eigenvalue weighted by Gasteiger charge is 2.12. The quantitative estimate of drug-likeness (QED) is 0.794. The third-order valence-corrected chi connectivity index (χ3v) is 3.45. The second-order valence-electron chi connectivity index (χ2n) is 3.45. The van der Waals surface area contributed by atoms with Crippen LogP contribution in [0.3, 0.4) is 0 Å². The molecule has 0 radical (unpaired) electrons. The van der Waals surface area contributed by atoms with E-state index >= 15 is 0 Å². The number of thiophene rings is 1. The van der Waals surface area contributed by atoms with Gasteiger partial charge in [-0.2, -0.15) is 0 Å². The van der Waals surface area contributed by atoms with Gasteiger partial charge in [0.15, 0.2) is 0 Å². The summed E-state index contributed by atoms with van der Waals surface area (Å²) < 4.78 is 0. The number of alkyl halides is 1. The van der Waals surface area contributed by atoms with Crippen LogP contribution in [0.1, 0.15) is 23.5 Å². The Morgan fingerprint density at radius 2 is 2.36 bits per heavy atom. The van der Waals surface area contributed by atoms with Crippen LogP contribution < -0.4 is 5.32 Å². The van der Waals surface area contributed by atoms with Crippen LogP contribution in [-0.2, 0) is 0 Å². The summed E-state index contributed by atoms with van der Waals surface area (Å²) in [6.45, 7) is 4.60. The molecule has 0 bridgehead atoms. The lowest BCUT2D eigenvalue weighted by Gasteiger charge is -2.13. The molecule has 1 N–H and O–H groups in total. The normalized spacial score (nSPS) is 12.9. The minimum atomic E-state index is -0.0358. The van der Waals surface area contributed by atoms with E-state index in [-0.39, 0.29) is 11.3 Å². The highest BCUT2D eigenvalue weighted by Crippen LogP contribution is 2.10. The Morgan fingerprint density at radius 3 is 2.86 bits per heavy atom. The second-order valence-corrected chi connectivity index (χ2v) is 4.96. The molecular formula is C10H14ClNOS. The number of halogens is 1. The lowest BCUT2D eigenvalue weighted by Crippen LogP contribution is -2.31. The topological polar surface area (TPSA) is 29.1 Å². The predicted molar refractivity (Wildman–Crippen MR) is 61.1 cm³/mol. The summed E-state index contributed by atoms with van der Waals surface area (Å²) in [5.74, 6) is 0.339. The van der Waals surface area contributed by atoms with Crippen molar-refractivity contribution in [3.05, 3.63) is 22.4 Å². The number of hydrogen-bond donors (Lipinski definition) is 1. The minimum Gasteiger partial charge on any atom is -0.350 e. The van der Waals surface area contributed by atoms with E-state index in [1.165, 1.54) is 11.3 Å². The van der Waals surface area contributed by atoms with E-state index in [0.717, 1.165) is 4.88 Å². The molecule has 4 heteroatoms. The van der Waals surface area contributed by atoms with Crippen LogP contribution in [0, 0.1) is 5.92 Å². The summed E-state index contributed by atoms with van der Waals surface area (Å²) in [5.41, 5.74) is 0. The van der Waals surface area contributed by atoms with Crippen LogP contribution in [0.2, 0.25) is 0 Å². The van der Waals surface area contributed by atoms with Crippen molar-refractivity contribution in [2.45, 2.75) is 19.2 Å². The van der Waals surface area contributed by atoms with E-state index in [2.05, 4.69) is 5.32 Å². The molecular weight excluding hydrogens is 218 g/mol. The zero-order valence-corrected chi connectivity index (χ0v) is 9.86. The van der Waals surface area contributed by atoms with Crippen molar-refractivity contribution in [1.82, 2.24) is 5.32 Å². The lowest BCUT2D eigenvalue weighted by atomic mass is 10.1. The van der Waals surface area contributed by atoms with E-state index in [0.29, 0.717) is 12.5 Å². The summed E-state index contributed by atoms with van der Waals surface area (Å²) in [6.07, 6.45) is 0. The molecule has 0 aromatic carbocycles. The first-order chi connectivity index (χ1) is 6.61. The van der Waals surface area contributed by atoms with Gasteiger partial charge in [-0.15, -0.1) is 22.9 Å². The van der Waals surface area contributed by atoms with Crippen LogP contribution in [0.5, 0.6) is 0 Å². The Bertz CT molecular complexity index is 284. The van der Waals surface area contributed by atoms with Gasteiger partial charge < -0.3 is 5.32 Å². The molecule has 1 aromatic heterocycles. The molecule has 0 spiro atoms. The SMILES string of the molecule is CC(C)C(Cl)CNC(=O)c1cccs1. The largest absolute Gasteiger partial charge is 0.350 e. The summed E-state index contributed by atoms with van der Waals surface area (Å²) >= 11 is 7.45. The summed E-state index contributed by atoms with van der Waals surface area (Å²) in [4.78, 5) is 12.2. The fourth-order valence-electron chi connectivity index (χ4n) is 0.921. The molecule has 1 unspecified atom stereocenters. The van der Waals surface area contributed by atoms with E-state index in [4.69, 9.17) is 11.6 Å². The van der Waals surface area contributed by atoms with Gasteiger partial charge in [0.2, 0.25) is 0 Å². The molecule has 78 valence electrons. The smallest absolute Gasteiger partial charge is 0.261 e. The van der Waals surface area contributed by atoms with Gasteiger partial charge in [-0.3, -0.25) is 4.79 Å². The maximum absolute atomic E-state index is 11.5. The lowest BCUT2D eigenvalue weighted by molar-refractivity contribution is 0.0956. The van der Waals surface area contributed by atoms with Gasteiger partial charge in [0.25, 0.3) is 5.91 Å². The van der Waals surface area contributed by atoms with Crippen LogP contribution in [0.4, 0.5) is 0 Å². The van der Waals surface area contributed by atoms with Gasteiger partial charge in [-0.25, -0.2) is 0 Å². The molecule has 0 aliphatic rings. The highest BCUT2D eigenvalue weighted by molar-refractivity contribution is 7.12. The van der Waals surface area contributed by atoms with E-state index in [9.17, 15) is 4.79 Å². The van der Waals surface area contributed by atoms with Crippen molar-refractivity contribution in [3.8, 4) is 0 Å². The Morgan fingerprint density at radius 1 is 1.64 bits per heavy atom. The molecule has 14 heavy (non-hydrogen) atoms. The van der Waals surface area contributed by atoms with Gasteiger partial charge in [0, 0.05) is 6.54 Å². The molecule has 1 rings (SSSR count). The average Bonchev–Trinajstić information content (AvgIpc) is 2.66. The van der Waals surface area contributed by atoms with Crippen molar-refractivity contribution in [2.24, 2.45) is 5.92 Å². The summed E-state index contributed by atoms with van der Waals surface area (Å²) in [7, 11) is 0. The molecule has 1 amide bonds. The molecule has 1 heterocycles. The Balaban J connectivity index is 2.36. The number of carbonyl (C=O) groups is 1. The van der Waals surface area contributed by atoms with Crippen molar-refractivity contribution in [3.63, 3.8) is 0 Å². The average molecular weight is 232 g/mol. The number of nitrogens with one attached hydrogen (secondary N) is 1. The fourth-order valence-corrected chi connectivity index (χ4v) is 1.64.